The molecule has 2 N–H and O–H groups in total. The van der Waals surface area contributed by atoms with Crippen LogP contribution in [0.15, 0.2) is 42.7 Å². The Balaban J connectivity index is 1.70. The summed E-state index contributed by atoms with van der Waals surface area (Å²) in [6, 6.07) is 10.7. The molecule has 1 aromatic carbocycles. The molecular weight excluding hydrogens is 260 g/mol. The lowest BCUT2D eigenvalue weighted by Crippen LogP contribution is -2.47. The highest BCUT2D eigenvalue weighted by Gasteiger charge is 2.19. The maximum atomic E-state index is 5.83. The van der Waals surface area contributed by atoms with Crippen molar-refractivity contribution < 1.29 is 0 Å². The lowest BCUT2D eigenvalue weighted by molar-refractivity contribution is 0.650. The summed E-state index contributed by atoms with van der Waals surface area (Å²) in [6.45, 7) is 6.78. The van der Waals surface area contributed by atoms with Gasteiger partial charge in [0.25, 0.3) is 0 Å². The van der Waals surface area contributed by atoms with E-state index < -0.39 is 0 Å². The lowest BCUT2D eigenvalue weighted by atomic mass is 10.1. The minimum atomic E-state index is 0.565. The van der Waals surface area contributed by atoms with Gasteiger partial charge in [-0.15, -0.1) is 0 Å². The van der Waals surface area contributed by atoms with E-state index in [-0.39, 0.29) is 0 Å². The number of hydrogen-bond acceptors (Lipinski definition) is 4. The van der Waals surface area contributed by atoms with Gasteiger partial charge in [0.1, 0.15) is 0 Å². The van der Waals surface area contributed by atoms with E-state index >= 15 is 0 Å². The second kappa shape index (κ2) is 6.14. The van der Waals surface area contributed by atoms with E-state index in [4.69, 9.17) is 5.73 Å². The Morgan fingerprint density at radius 3 is 2.57 bits per heavy atom. The molecule has 0 aliphatic carbocycles. The van der Waals surface area contributed by atoms with E-state index in [1.54, 1.807) is 0 Å². The SMILES string of the molecule is Cc1cccc(N2CCN(c3cnccc3CN)CC2)c1. The number of benzene rings is 1. The first-order chi connectivity index (χ1) is 10.3. The van der Waals surface area contributed by atoms with Gasteiger partial charge in [-0.2, -0.15) is 0 Å². The fraction of sp³-hybridized carbons (Fsp3) is 0.353. The summed E-state index contributed by atoms with van der Waals surface area (Å²) in [6.07, 6.45) is 3.75. The maximum absolute atomic E-state index is 5.83. The molecule has 1 saturated heterocycles. The van der Waals surface area contributed by atoms with Crippen LogP contribution in [0.4, 0.5) is 11.4 Å². The van der Waals surface area contributed by atoms with E-state index in [0.29, 0.717) is 6.54 Å². The number of piperazine rings is 1. The Labute approximate surface area is 126 Å². The van der Waals surface area contributed by atoms with Crippen molar-refractivity contribution in [3.05, 3.63) is 53.9 Å². The first-order valence-corrected chi connectivity index (χ1v) is 7.47. The third kappa shape index (κ3) is 3.00. The Morgan fingerprint density at radius 1 is 1.10 bits per heavy atom. The fourth-order valence-electron chi connectivity index (χ4n) is 2.90. The standard InChI is InChI=1S/C17H22N4/c1-14-3-2-4-16(11-14)20-7-9-21(10-8-20)17-13-19-6-5-15(17)12-18/h2-6,11,13H,7-10,12,18H2,1H3. The number of hydrogen-bond donors (Lipinski definition) is 1. The number of rotatable bonds is 3. The molecule has 21 heavy (non-hydrogen) atoms. The van der Waals surface area contributed by atoms with Crippen LogP contribution >= 0.6 is 0 Å². The van der Waals surface area contributed by atoms with Gasteiger partial charge in [0, 0.05) is 44.6 Å². The van der Waals surface area contributed by atoms with Gasteiger partial charge in [-0.25, -0.2) is 0 Å². The number of aromatic nitrogens is 1. The largest absolute Gasteiger partial charge is 0.368 e. The molecule has 0 unspecified atom stereocenters. The summed E-state index contributed by atoms with van der Waals surface area (Å²) in [4.78, 5) is 9.08. The highest BCUT2D eigenvalue weighted by molar-refractivity contribution is 5.55. The molecule has 0 atom stereocenters. The van der Waals surface area contributed by atoms with Gasteiger partial charge in [0.15, 0.2) is 0 Å². The molecule has 0 radical (unpaired) electrons. The van der Waals surface area contributed by atoms with Crippen molar-refractivity contribution in [1.29, 1.82) is 0 Å². The van der Waals surface area contributed by atoms with Gasteiger partial charge >= 0.3 is 0 Å². The normalized spacial score (nSPS) is 15.3. The van der Waals surface area contributed by atoms with E-state index in [9.17, 15) is 0 Å². The predicted octanol–water partition coefficient (Wildman–Crippen LogP) is 2.18. The highest BCUT2D eigenvalue weighted by Crippen LogP contribution is 2.23. The van der Waals surface area contributed by atoms with Crippen LogP contribution in [0.5, 0.6) is 0 Å². The summed E-state index contributed by atoms with van der Waals surface area (Å²) >= 11 is 0. The third-order valence-electron chi connectivity index (χ3n) is 4.09. The molecule has 0 bridgehead atoms. The van der Waals surface area contributed by atoms with Crippen LogP contribution in [-0.4, -0.2) is 31.2 Å². The van der Waals surface area contributed by atoms with E-state index in [1.807, 2.05) is 18.5 Å². The minimum Gasteiger partial charge on any atom is -0.368 e. The zero-order valence-electron chi connectivity index (χ0n) is 12.5. The van der Waals surface area contributed by atoms with E-state index in [1.165, 1.54) is 22.5 Å². The average Bonchev–Trinajstić information content (AvgIpc) is 2.55. The van der Waals surface area contributed by atoms with Gasteiger partial charge < -0.3 is 15.5 Å². The number of nitrogens with zero attached hydrogens (tertiary/aromatic N) is 3. The molecular formula is C17H22N4. The molecule has 0 saturated carbocycles. The second-order valence-electron chi connectivity index (χ2n) is 5.52. The summed E-state index contributed by atoms with van der Waals surface area (Å²) in [7, 11) is 0. The number of anilines is 2. The molecule has 1 aliphatic rings. The quantitative estimate of drug-likeness (QED) is 0.937. The van der Waals surface area contributed by atoms with Gasteiger partial charge in [-0.1, -0.05) is 12.1 Å². The Morgan fingerprint density at radius 2 is 1.86 bits per heavy atom. The summed E-state index contributed by atoms with van der Waals surface area (Å²) < 4.78 is 0. The maximum Gasteiger partial charge on any atom is 0.0599 e. The first kappa shape index (κ1) is 13.9. The van der Waals surface area contributed by atoms with Gasteiger partial charge in [0.2, 0.25) is 0 Å². The Hall–Kier alpha value is -2.07. The Bertz CT molecular complexity index is 603. The van der Waals surface area contributed by atoms with Crippen LogP contribution in [0.1, 0.15) is 11.1 Å². The fourth-order valence-corrected chi connectivity index (χ4v) is 2.90. The molecule has 0 spiro atoms. The molecule has 2 aromatic rings. The highest BCUT2D eigenvalue weighted by atomic mass is 15.3. The first-order valence-electron chi connectivity index (χ1n) is 7.47. The van der Waals surface area contributed by atoms with E-state index in [0.717, 1.165) is 26.2 Å². The molecule has 1 aliphatic heterocycles. The zero-order valence-corrected chi connectivity index (χ0v) is 12.5. The van der Waals surface area contributed by atoms with E-state index in [2.05, 4.69) is 46.0 Å². The second-order valence-corrected chi connectivity index (χ2v) is 5.52. The van der Waals surface area contributed by atoms with Crippen molar-refractivity contribution in [3.8, 4) is 0 Å². The van der Waals surface area contributed by atoms with Gasteiger partial charge in [-0.3, -0.25) is 4.98 Å². The Kier molecular flexibility index (Phi) is 4.06. The minimum absolute atomic E-state index is 0.565. The van der Waals surface area contributed by atoms with Gasteiger partial charge in [-0.05, 0) is 36.2 Å². The van der Waals surface area contributed by atoms with Crippen molar-refractivity contribution >= 4 is 11.4 Å². The van der Waals surface area contributed by atoms with Crippen molar-refractivity contribution in [2.45, 2.75) is 13.5 Å². The van der Waals surface area contributed by atoms with Crippen molar-refractivity contribution in [2.24, 2.45) is 5.73 Å². The van der Waals surface area contributed by atoms with Gasteiger partial charge in [0.05, 0.1) is 11.9 Å². The van der Waals surface area contributed by atoms with Crippen LogP contribution in [0, 0.1) is 6.92 Å². The number of aryl methyl sites for hydroxylation is 1. The number of nitrogens with two attached hydrogens (primary N) is 1. The molecule has 3 rings (SSSR count). The van der Waals surface area contributed by atoms with Crippen LogP contribution in [0.25, 0.3) is 0 Å². The van der Waals surface area contributed by atoms with Crippen molar-refractivity contribution in [1.82, 2.24) is 4.98 Å². The van der Waals surface area contributed by atoms with Crippen LogP contribution < -0.4 is 15.5 Å². The van der Waals surface area contributed by atoms with Crippen molar-refractivity contribution in [3.63, 3.8) is 0 Å². The molecule has 1 fully saturated rings. The smallest absolute Gasteiger partial charge is 0.0599 e. The molecule has 1 aromatic heterocycles. The third-order valence-corrected chi connectivity index (χ3v) is 4.09. The summed E-state index contributed by atoms with van der Waals surface area (Å²) in [5, 5.41) is 0. The van der Waals surface area contributed by atoms with Crippen LogP contribution in [0.3, 0.4) is 0 Å². The van der Waals surface area contributed by atoms with Crippen LogP contribution in [0.2, 0.25) is 0 Å². The topological polar surface area (TPSA) is 45.4 Å². The molecule has 4 nitrogen and oxygen atoms in total. The average molecular weight is 282 g/mol. The molecule has 2 heterocycles. The predicted molar refractivity (Wildman–Crippen MR) is 87.7 cm³/mol. The van der Waals surface area contributed by atoms with Crippen molar-refractivity contribution in [2.75, 3.05) is 36.0 Å². The lowest BCUT2D eigenvalue weighted by Gasteiger charge is -2.38. The molecule has 110 valence electrons. The molecule has 4 heteroatoms. The summed E-state index contributed by atoms with van der Waals surface area (Å²) in [5.41, 5.74) is 10.8. The molecule has 0 amide bonds. The number of pyridine rings is 1. The zero-order chi connectivity index (χ0) is 14.7. The monoisotopic (exact) mass is 282 g/mol. The van der Waals surface area contributed by atoms with Crippen LogP contribution in [-0.2, 0) is 6.54 Å². The summed E-state index contributed by atoms with van der Waals surface area (Å²) in [5.74, 6) is 0.